The maximum Gasteiger partial charge on any atom is 0.179 e. The highest BCUT2D eigenvalue weighted by molar-refractivity contribution is 7.20. The number of nitrogens with zero attached hydrogens (tertiary/aromatic N) is 4. The van der Waals surface area contributed by atoms with Crippen LogP contribution in [0, 0.1) is 0 Å². The number of aromatic nitrogens is 4. The minimum absolute atomic E-state index is 0.0907. The van der Waals surface area contributed by atoms with Crippen molar-refractivity contribution < 1.29 is 0 Å². The predicted molar refractivity (Wildman–Crippen MR) is 268 cm³/mol. The molecule has 1 unspecified atom stereocenters. The van der Waals surface area contributed by atoms with Crippen LogP contribution in [0.15, 0.2) is 219 Å². The first-order valence-electron chi connectivity index (χ1n) is 22.2. The van der Waals surface area contributed by atoms with Crippen molar-refractivity contribution in [3.8, 4) is 17.1 Å². The molecule has 0 saturated heterocycles. The number of fused-ring (bicyclic) bond motifs is 6. The van der Waals surface area contributed by atoms with E-state index in [9.17, 15) is 0 Å². The lowest BCUT2D eigenvalue weighted by molar-refractivity contribution is 0.589. The topological polar surface area (TPSA) is 35.6 Å². The monoisotopic (exact) mass is 838 g/mol. The third kappa shape index (κ3) is 5.67. The Morgan fingerprint density at radius 3 is 1.86 bits per heavy atom. The average molecular weight is 839 g/mol. The van der Waals surface area contributed by atoms with Gasteiger partial charge in [-0.25, -0.2) is 4.98 Å². The highest BCUT2D eigenvalue weighted by atomic mass is 28.3. The Morgan fingerprint density at radius 1 is 0.500 bits per heavy atom. The number of pyridine rings is 1. The summed E-state index contributed by atoms with van der Waals surface area (Å²) in [6, 6.07) is 78.8. The second-order valence-electron chi connectivity index (χ2n) is 17.8. The van der Waals surface area contributed by atoms with Crippen molar-refractivity contribution in [2.45, 2.75) is 25.2 Å². The highest BCUT2D eigenvalue weighted by Crippen LogP contribution is 2.50. The Morgan fingerprint density at radius 2 is 1.12 bits per heavy atom. The van der Waals surface area contributed by atoms with Crippen molar-refractivity contribution in [3.63, 3.8) is 0 Å². The molecule has 0 saturated carbocycles. The molecule has 306 valence electrons. The van der Waals surface area contributed by atoms with E-state index in [0.717, 1.165) is 33.8 Å². The zero-order valence-corrected chi connectivity index (χ0v) is 37.2. The van der Waals surface area contributed by atoms with Crippen LogP contribution in [0.3, 0.4) is 0 Å². The molecule has 0 N–H and O–H groups in total. The van der Waals surface area contributed by atoms with E-state index in [1.807, 2.05) is 6.20 Å². The van der Waals surface area contributed by atoms with Gasteiger partial charge in [0, 0.05) is 40.7 Å². The molecule has 1 aliphatic rings. The van der Waals surface area contributed by atoms with Crippen molar-refractivity contribution in [2.75, 3.05) is 0 Å². The molecule has 0 spiro atoms. The fourth-order valence-electron chi connectivity index (χ4n) is 11.1. The number of rotatable bonds is 7. The summed E-state index contributed by atoms with van der Waals surface area (Å²) in [5.41, 5.74) is 12.8. The standard InChI is InChI=1S/C59H46N4Si/c1-59(2)50-31-19-35-60-57(50)56(49-38-48-47-30-13-15-33-53(47)63(55(48)39-51(49)59)42-22-7-4-8-23-42)40-20-17-28-45(36-40)64(43-24-9-5-10-25-43,44-26-11-6-12-27-44)46-29-18-21-41(37-46)58-61-52-32-14-16-34-54(52)62(58)3/h4-39,56H,1-3H3. The van der Waals surface area contributed by atoms with E-state index in [-0.39, 0.29) is 11.3 Å². The quantitative estimate of drug-likeness (QED) is 0.118. The smallest absolute Gasteiger partial charge is 0.179 e. The lowest BCUT2D eigenvalue weighted by Crippen LogP contribution is -2.74. The molecule has 5 heteroatoms. The van der Waals surface area contributed by atoms with E-state index < -0.39 is 8.07 Å². The molecule has 0 amide bonds. The first kappa shape index (κ1) is 38.1. The highest BCUT2D eigenvalue weighted by Gasteiger charge is 2.44. The fraction of sp³-hybridized carbons (Fsp3) is 0.0847. The fourth-order valence-corrected chi connectivity index (χ4v) is 15.9. The Kier molecular flexibility index (Phi) is 8.79. The van der Waals surface area contributed by atoms with Crippen LogP contribution in [0.4, 0.5) is 0 Å². The molecular formula is C59H46N4Si. The zero-order valence-electron chi connectivity index (χ0n) is 36.2. The van der Waals surface area contributed by atoms with Gasteiger partial charge in [-0.3, -0.25) is 4.98 Å². The van der Waals surface area contributed by atoms with Gasteiger partial charge in [-0.05, 0) is 91.5 Å². The number of benzene rings is 8. The summed E-state index contributed by atoms with van der Waals surface area (Å²) in [5.74, 6) is 0.872. The predicted octanol–water partition coefficient (Wildman–Crippen LogP) is 10.9. The van der Waals surface area contributed by atoms with E-state index in [4.69, 9.17) is 9.97 Å². The summed E-state index contributed by atoms with van der Waals surface area (Å²) in [6.07, 6.45) is 1.98. The van der Waals surface area contributed by atoms with Crippen LogP contribution in [0.2, 0.25) is 0 Å². The zero-order chi connectivity index (χ0) is 43.0. The Bertz CT molecular complexity index is 3510. The molecule has 4 nitrogen and oxygen atoms in total. The van der Waals surface area contributed by atoms with Gasteiger partial charge in [-0.1, -0.05) is 178 Å². The van der Waals surface area contributed by atoms with Gasteiger partial charge in [-0.2, -0.15) is 0 Å². The number of hydrogen-bond acceptors (Lipinski definition) is 2. The van der Waals surface area contributed by atoms with Crippen molar-refractivity contribution >= 4 is 61.7 Å². The van der Waals surface area contributed by atoms with Crippen molar-refractivity contribution in [1.29, 1.82) is 0 Å². The lowest BCUT2D eigenvalue weighted by atomic mass is 9.65. The summed E-state index contributed by atoms with van der Waals surface area (Å²) in [5, 5.41) is 7.81. The van der Waals surface area contributed by atoms with E-state index in [2.05, 4.69) is 242 Å². The van der Waals surface area contributed by atoms with Crippen LogP contribution in [-0.2, 0) is 12.5 Å². The van der Waals surface area contributed by atoms with Gasteiger partial charge in [0.15, 0.2) is 8.07 Å². The molecule has 3 heterocycles. The lowest BCUT2D eigenvalue weighted by Gasteiger charge is -2.40. The van der Waals surface area contributed by atoms with Crippen LogP contribution in [-0.4, -0.2) is 27.2 Å². The minimum Gasteiger partial charge on any atom is -0.327 e. The van der Waals surface area contributed by atoms with Gasteiger partial charge in [0.1, 0.15) is 5.82 Å². The maximum atomic E-state index is 5.30. The number of hydrogen-bond donors (Lipinski definition) is 0. The largest absolute Gasteiger partial charge is 0.327 e. The molecule has 1 atom stereocenters. The molecule has 1 aliphatic carbocycles. The summed E-state index contributed by atoms with van der Waals surface area (Å²) in [7, 11) is -0.875. The molecule has 0 aliphatic heterocycles. The van der Waals surface area contributed by atoms with Crippen molar-refractivity contribution in [3.05, 3.63) is 246 Å². The van der Waals surface area contributed by atoms with Crippen LogP contribution < -0.4 is 20.7 Å². The molecule has 0 bridgehead atoms. The summed E-state index contributed by atoms with van der Waals surface area (Å²) < 4.78 is 4.67. The molecule has 8 aromatic carbocycles. The Balaban J connectivity index is 1.13. The van der Waals surface area contributed by atoms with Crippen LogP contribution in [0.25, 0.3) is 49.9 Å². The third-order valence-electron chi connectivity index (χ3n) is 14.0. The van der Waals surface area contributed by atoms with Crippen molar-refractivity contribution in [1.82, 2.24) is 19.1 Å². The first-order chi connectivity index (χ1) is 31.4. The third-order valence-corrected chi connectivity index (χ3v) is 18.8. The normalized spacial score (nSPS) is 14.5. The molecule has 11 aromatic rings. The Labute approximate surface area is 374 Å². The van der Waals surface area contributed by atoms with Gasteiger partial charge in [0.05, 0.1) is 33.7 Å². The summed E-state index contributed by atoms with van der Waals surface area (Å²) in [6.45, 7) is 4.75. The summed E-state index contributed by atoms with van der Waals surface area (Å²) >= 11 is 0. The minimum atomic E-state index is -3.00. The number of imidazole rings is 1. The number of para-hydroxylation sites is 4. The molecule has 64 heavy (non-hydrogen) atoms. The van der Waals surface area contributed by atoms with Crippen LogP contribution in [0.5, 0.6) is 0 Å². The molecule has 0 radical (unpaired) electrons. The van der Waals surface area contributed by atoms with E-state index in [0.29, 0.717) is 0 Å². The molecule has 12 rings (SSSR count). The second kappa shape index (κ2) is 14.8. The first-order valence-corrected chi connectivity index (χ1v) is 24.2. The average Bonchev–Trinajstić information content (AvgIpc) is 3.86. The van der Waals surface area contributed by atoms with Crippen molar-refractivity contribution in [2.24, 2.45) is 7.05 Å². The van der Waals surface area contributed by atoms with Gasteiger partial charge in [0.2, 0.25) is 0 Å². The summed E-state index contributed by atoms with van der Waals surface area (Å²) in [4.78, 5) is 10.5. The SMILES string of the molecule is Cn1c(-c2cccc([Si](c3ccccc3)(c3ccccc3)c3cccc(C4c5cc6c7ccccc7n(-c7ccccc7)c6cc5C(C)(C)c5cccnc54)c3)c2)nc2ccccc21. The van der Waals surface area contributed by atoms with E-state index >= 15 is 0 Å². The number of aryl methyl sites for hydroxylation is 1. The van der Waals surface area contributed by atoms with E-state index in [1.165, 1.54) is 64.8 Å². The van der Waals surface area contributed by atoms with Gasteiger partial charge >= 0.3 is 0 Å². The second-order valence-corrected chi connectivity index (χ2v) is 21.6. The molecule has 3 aromatic heterocycles. The maximum absolute atomic E-state index is 5.30. The molecular weight excluding hydrogens is 793 g/mol. The van der Waals surface area contributed by atoms with Gasteiger partial charge < -0.3 is 9.13 Å². The van der Waals surface area contributed by atoms with Crippen LogP contribution in [0.1, 0.15) is 47.7 Å². The van der Waals surface area contributed by atoms with Gasteiger partial charge in [-0.15, -0.1) is 0 Å². The molecule has 0 fully saturated rings. The van der Waals surface area contributed by atoms with Crippen LogP contribution >= 0.6 is 0 Å². The Hall–Kier alpha value is -7.60. The van der Waals surface area contributed by atoms with Gasteiger partial charge in [0.25, 0.3) is 0 Å². The van der Waals surface area contributed by atoms with E-state index in [1.54, 1.807) is 0 Å².